The average molecular weight is 336 g/mol. The highest BCUT2D eigenvalue weighted by Crippen LogP contribution is 2.46. The second-order valence-corrected chi connectivity index (χ2v) is 8.35. The third-order valence-electron chi connectivity index (χ3n) is 5.64. The number of Topliss-reactive ketones (excluding diaryl/α,β-unsaturated/α-hetero) is 1. The van der Waals surface area contributed by atoms with Crippen LogP contribution in [0, 0.1) is 29.1 Å². The lowest BCUT2D eigenvalue weighted by Crippen LogP contribution is -2.49. The number of hydrogen-bond acceptors (Lipinski definition) is 4. The number of rotatable bonds is 6. The molecule has 2 aliphatic carbocycles. The monoisotopic (exact) mass is 336 g/mol. The van der Waals surface area contributed by atoms with Crippen LogP contribution in [0.3, 0.4) is 0 Å². The quantitative estimate of drug-likeness (QED) is 0.547. The number of esters is 1. The average Bonchev–Trinajstić information content (AvgIpc) is 2.51. The Morgan fingerprint density at radius 3 is 2.58 bits per heavy atom. The maximum absolute atomic E-state index is 12.9. The molecule has 0 radical (unpaired) electrons. The number of hydrogen-bond donors (Lipinski definition) is 0. The minimum atomic E-state index is -0.509. The zero-order valence-electron chi connectivity index (χ0n) is 15.5. The largest absolute Gasteiger partial charge is 0.465 e. The lowest BCUT2D eigenvalue weighted by molar-refractivity contribution is -0.160. The Hall–Kier alpha value is -1.16. The minimum absolute atomic E-state index is 0.0244. The summed E-state index contributed by atoms with van der Waals surface area (Å²) in [5, 5.41) is 0. The van der Waals surface area contributed by atoms with Crippen LogP contribution >= 0.6 is 0 Å². The van der Waals surface area contributed by atoms with E-state index in [9.17, 15) is 9.59 Å². The Balaban J connectivity index is 2.11. The summed E-state index contributed by atoms with van der Waals surface area (Å²) in [4.78, 5) is 25.0. The van der Waals surface area contributed by atoms with Gasteiger partial charge in [-0.15, -0.1) is 6.58 Å². The first-order valence-corrected chi connectivity index (χ1v) is 9.14. The van der Waals surface area contributed by atoms with E-state index in [1.807, 2.05) is 26.8 Å². The summed E-state index contributed by atoms with van der Waals surface area (Å²) in [5.74, 6) is 0.639. The van der Waals surface area contributed by atoms with Crippen molar-refractivity contribution in [3.8, 4) is 0 Å². The fourth-order valence-corrected chi connectivity index (χ4v) is 4.29. The van der Waals surface area contributed by atoms with Gasteiger partial charge >= 0.3 is 5.97 Å². The number of methoxy groups -OCH3 is 1. The van der Waals surface area contributed by atoms with Crippen molar-refractivity contribution in [1.82, 2.24) is 0 Å². The molecule has 0 heterocycles. The van der Waals surface area contributed by atoms with E-state index in [0.29, 0.717) is 12.4 Å². The molecule has 2 fully saturated rings. The Morgan fingerprint density at radius 1 is 1.33 bits per heavy atom. The number of carbonyl (C=O) groups excluding carboxylic acids is 2. The molecule has 0 N–H and O–H groups in total. The van der Waals surface area contributed by atoms with Gasteiger partial charge in [-0.05, 0) is 52.4 Å². The molecule has 2 bridgehead atoms. The Labute approximate surface area is 146 Å². The lowest BCUT2D eigenvalue weighted by Gasteiger charge is -2.45. The van der Waals surface area contributed by atoms with Gasteiger partial charge < -0.3 is 9.47 Å². The second kappa shape index (κ2) is 7.81. The van der Waals surface area contributed by atoms with Crippen LogP contribution in [0.1, 0.15) is 52.9 Å². The fourth-order valence-electron chi connectivity index (χ4n) is 4.29. The number of carbonyl (C=O) groups is 2. The van der Waals surface area contributed by atoms with E-state index in [-0.39, 0.29) is 35.7 Å². The summed E-state index contributed by atoms with van der Waals surface area (Å²) in [6, 6.07) is 0. The van der Waals surface area contributed by atoms with Gasteiger partial charge in [-0.25, -0.2) is 0 Å². The van der Waals surface area contributed by atoms with Gasteiger partial charge in [0.05, 0.1) is 18.1 Å². The molecule has 5 atom stereocenters. The van der Waals surface area contributed by atoms with Crippen molar-refractivity contribution in [3.05, 3.63) is 12.7 Å². The number of ether oxygens (including phenoxy) is 2. The molecule has 2 aliphatic rings. The molecule has 4 nitrogen and oxygen atoms in total. The van der Waals surface area contributed by atoms with Crippen LogP contribution in [-0.2, 0) is 19.1 Å². The van der Waals surface area contributed by atoms with Crippen molar-refractivity contribution in [2.24, 2.45) is 29.1 Å². The summed E-state index contributed by atoms with van der Waals surface area (Å²) >= 11 is 0. The molecule has 0 saturated heterocycles. The van der Waals surface area contributed by atoms with E-state index in [1.165, 1.54) is 0 Å². The van der Waals surface area contributed by atoms with Crippen molar-refractivity contribution < 1.29 is 19.1 Å². The first kappa shape index (κ1) is 19.2. The predicted molar refractivity (Wildman–Crippen MR) is 93.5 cm³/mol. The normalized spacial score (nSPS) is 31.4. The van der Waals surface area contributed by atoms with E-state index < -0.39 is 5.41 Å². The summed E-state index contributed by atoms with van der Waals surface area (Å²) < 4.78 is 11.2. The number of ketones is 1. The smallest absolute Gasteiger partial charge is 0.311 e. The van der Waals surface area contributed by atoms with E-state index in [4.69, 9.17) is 9.47 Å². The summed E-state index contributed by atoms with van der Waals surface area (Å²) in [6.07, 6.45) is 6.50. The molecule has 0 spiro atoms. The predicted octanol–water partition coefficient (Wildman–Crippen LogP) is 3.79. The fraction of sp³-hybridized carbons (Fsp3) is 0.800. The second-order valence-electron chi connectivity index (χ2n) is 8.35. The van der Waals surface area contributed by atoms with Crippen LogP contribution in [0.5, 0.6) is 0 Å². The molecule has 0 aromatic heterocycles. The third-order valence-corrected chi connectivity index (χ3v) is 5.64. The molecule has 136 valence electrons. The van der Waals surface area contributed by atoms with E-state index >= 15 is 0 Å². The highest BCUT2D eigenvalue weighted by Gasteiger charge is 2.48. The van der Waals surface area contributed by atoms with E-state index in [0.717, 1.165) is 32.1 Å². The van der Waals surface area contributed by atoms with Crippen LogP contribution in [0.15, 0.2) is 12.7 Å². The Kier molecular flexibility index (Phi) is 6.24. The summed E-state index contributed by atoms with van der Waals surface area (Å²) in [5.41, 5.74) is -0.509. The van der Waals surface area contributed by atoms with E-state index in [2.05, 4.69) is 6.58 Å². The maximum atomic E-state index is 12.9. The molecule has 0 aromatic carbocycles. The van der Waals surface area contributed by atoms with E-state index in [1.54, 1.807) is 7.11 Å². The van der Waals surface area contributed by atoms with Gasteiger partial charge in [0.2, 0.25) is 0 Å². The van der Waals surface area contributed by atoms with Crippen LogP contribution < -0.4 is 0 Å². The van der Waals surface area contributed by atoms with Crippen molar-refractivity contribution in [2.75, 3.05) is 13.7 Å². The molecule has 0 aliphatic heterocycles. The molecule has 2 rings (SSSR count). The van der Waals surface area contributed by atoms with Crippen LogP contribution in [0.25, 0.3) is 0 Å². The minimum Gasteiger partial charge on any atom is -0.465 e. The van der Waals surface area contributed by atoms with Crippen molar-refractivity contribution in [2.45, 2.75) is 59.0 Å². The standard InChI is InChI=1S/C20H32O4/c1-6-8-17(23-5)16-11-13(12-24-19(22)20(2,3)4)14-9-7-10-15(16)18(14)21/h6,13-17H,1,7-12H2,2-5H3/t13-,14-,15+,16-,17-/m1/s1. The first-order chi connectivity index (χ1) is 11.3. The maximum Gasteiger partial charge on any atom is 0.311 e. The van der Waals surface area contributed by atoms with Gasteiger partial charge in [-0.3, -0.25) is 9.59 Å². The highest BCUT2D eigenvalue weighted by atomic mass is 16.5. The van der Waals surface area contributed by atoms with Gasteiger partial charge in [0.15, 0.2) is 0 Å². The molecule has 24 heavy (non-hydrogen) atoms. The molecule has 4 heteroatoms. The van der Waals surface area contributed by atoms with Gasteiger partial charge in [-0.1, -0.05) is 12.5 Å². The Bertz CT molecular complexity index is 477. The van der Waals surface area contributed by atoms with Gasteiger partial charge in [-0.2, -0.15) is 0 Å². The summed E-state index contributed by atoms with van der Waals surface area (Å²) in [6.45, 7) is 9.72. The van der Waals surface area contributed by atoms with Gasteiger partial charge in [0.25, 0.3) is 0 Å². The van der Waals surface area contributed by atoms with Crippen LogP contribution in [0.4, 0.5) is 0 Å². The highest BCUT2D eigenvalue weighted by molar-refractivity contribution is 5.85. The molecular formula is C20H32O4. The molecule has 2 saturated carbocycles. The van der Waals surface area contributed by atoms with Crippen molar-refractivity contribution in [3.63, 3.8) is 0 Å². The third kappa shape index (κ3) is 4.08. The topological polar surface area (TPSA) is 52.6 Å². The number of fused-ring (bicyclic) bond motifs is 2. The molecule has 0 amide bonds. The van der Waals surface area contributed by atoms with Crippen LogP contribution in [0.2, 0.25) is 0 Å². The zero-order chi connectivity index (χ0) is 17.9. The molecule has 0 aromatic rings. The zero-order valence-corrected chi connectivity index (χ0v) is 15.5. The van der Waals surface area contributed by atoms with Gasteiger partial charge in [0, 0.05) is 24.9 Å². The SMILES string of the molecule is C=CC[C@@H](OC)[C@@H]1C[C@H](COC(=O)C(C)(C)C)[C@H]2CCC[C@@H]1C2=O. The Morgan fingerprint density at radius 2 is 2.00 bits per heavy atom. The van der Waals surface area contributed by atoms with Crippen LogP contribution in [-0.4, -0.2) is 31.6 Å². The first-order valence-electron chi connectivity index (χ1n) is 9.14. The lowest BCUT2D eigenvalue weighted by atomic mass is 9.60. The van der Waals surface area contributed by atoms with Crippen molar-refractivity contribution in [1.29, 1.82) is 0 Å². The van der Waals surface area contributed by atoms with Crippen molar-refractivity contribution >= 4 is 11.8 Å². The van der Waals surface area contributed by atoms with Gasteiger partial charge in [0.1, 0.15) is 5.78 Å². The summed E-state index contributed by atoms with van der Waals surface area (Å²) in [7, 11) is 1.71. The molecule has 0 unspecified atom stereocenters. The molecular weight excluding hydrogens is 304 g/mol.